The summed E-state index contributed by atoms with van der Waals surface area (Å²) in [6.07, 6.45) is 51.3. The minimum Gasteiger partial charge on any atom is -0.394 e. The third kappa shape index (κ3) is 33.0. The van der Waals surface area contributed by atoms with Crippen LogP contribution in [0.5, 0.6) is 0 Å². The van der Waals surface area contributed by atoms with Crippen LogP contribution in [0.3, 0.4) is 0 Å². The van der Waals surface area contributed by atoms with E-state index in [-0.39, 0.29) is 12.5 Å². The molecule has 0 saturated heterocycles. The summed E-state index contributed by atoms with van der Waals surface area (Å²) in [5.74, 6) is -0.124. The molecule has 0 rings (SSSR count). The normalized spacial score (nSPS) is 14.0. The van der Waals surface area contributed by atoms with E-state index in [0.717, 1.165) is 57.8 Å². The van der Waals surface area contributed by atoms with Gasteiger partial charge >= 0.3 is 0 Å². The summed E-state index contributed by atoms with van der Waals surface area (Å²) < 4.78 is 0. The molecule has 2 unspecified atom stereocenters. The first-order chi connectivity index (χ1) is 22.2. The van der Waals surface area contributed by atoms with E-state index >= 15 is 0 Å². The van der Waals surface area contributed by atoms with Crippen molar-refractivity contribution in [1.29, 1.82) is 0 Å². The molecule has 2 atom stereocenters. The molecule has 0 heterocycles. The highest BCUT2D eigenvalue weighted by molar-refractivity contribution is 5.76. The van der Waals surface area contributed by atoms with Crippen LogP contribution in [0.4, 0.5) is 0 Å². The van der Waals surface area contributed by atoms with Crippen molar-refractivity contribution in [2.45, 2.75) is 174 Å². The number of amides is 1. The molecule has 0 aromatic rings. The zero-order valence-corrected chi connectivity index (χ0v) is 29.4. The lowest BCUT2D eigenvalue weighted by molar-refractivity contribution is -0.122. The van der Waals surface area contributed by atoms with E-state index in [2.05, 4.69) is 79.9 Å². The maximum absolute atomic E-state index is 12.3. The molecule has 1 amide bonds. The van der Waals surface area contributed by atoms with Crippen LogP contribution in [0.15, 0.2) is 72.9 Å². The third-order valence-corrected chi connectivity index (χ3v) is 7.95. The van der Waals surface area contributed by atoms with Crippen molar-refractivity contribution in [3.05, 3.63) is 72.9 Å². The van der Waals surface area contributed by atoms with Crippen molar-refractivity contribution >= 4 is 5.91 Å². The number of unbranched alkanes of at least 4 members (excludes halogenated alkanes) is 15. The van der Waals surface area contributed by atoms with Gasteiger partial charge in [0.25, 0.3) is 0 Å². The van der Waals surface area contributed by atoms with Gasteiger partial charge in [-0.1, -0.05) is 170 Å². The molecule has 0 saturated carbocycles. The van der Waals surface area contributed by atoms with E-state index in [1.54, 1.807) is 6.08 Å². The van der Waals surface area contributed by atoms with Gasteiger partial charge in [-0.15, -0.1) is 0 Å². The van der Waals surface area contributed by atoms with Gasteiger partial charge in [0.05, 0.1) is 18.8 Å². The van der Waals surface area contributed by atoms with Crippen molar-refractivity contribution in [3.63, 3.8) is 0 Å². The Morgan fingerprint density at radius 1 is 0.556 bits per heavy atom. The molecule has 4 heteroatoms. The molecule has 258 valence electrons. The summed E-state index contributed by atoms with van der Waals surface area (Å²) in [4.78, 5) is 12.3. The average molecular weight is 626 g/mol. The van der Waals surface area contributed by atoms with Gasteiger partial charge in [0.1, 0.15) is 0 Å². The second-order valence-electron chi connectivity index (χ2n) is 12.3. The van der Waals surface area contributed by atoms with E-state index in [0.29, 0.717) is 6.42 Å². The Bertz CT molecular complexity index is 808. The molecule has 0 bridgehead atoms. The van der Waals surface area contributed by atoms with Crippen LogP contribution < -0.4 is 5.32 Å². The van der Waals surface area contributed by atoms with Crippen LogP contribution >= 0.6 is 0 Å². The smallest absolute Gasteiger partial charge is 0.220 e. The lowest BCUT2D eigenvalue weighted by Gasteiger charge is -2.19. The van der Waals surface area contributed by atoms with Crippen LogP contribution in [0.1, 0.15) is 162 Å². The van der Waals surface area contributed by atoms with Gasteiger partial charge < -0.3 is 15.5 Å². The predicted molar refractivity (Wildman–Crippen MR) is 197 cm³/mol. The number of carbonyl (C=O) groups excluding carboxylic acids is 1. The Labute approximate surface area is 278 Å². The van der Waals surface area contributed by atoms with Gasteiger partial charge in [0, 0.05) is 6.42 Å². The lowest BCUT2D eigenvalue weighted by Crippen LogP contribution is -2.45. The number of hydrogen-bond acceptors (Lipinski definition) is 3. The zero-order chi connectivity index (χ0) is 32.9. The summed E-state index contributed by atoms with van der Waals surface area (Å²) >= 11 is 0. The number of aliphatic hydroxyl groups is 2. The second kappa shape index (κ2) is 36.3. The summed E-state index contributed by atoms with van der Waals surface area (Å²) in [6, 6.07) is -0.654. The Hall–Kier alpha value is -2.17. The topological polar surface area (TPSA) is 69.6 Å². The highest BCUT2D eigenvalue weighted by atomic mass is 16.3. The maximum atomic E-state index is 12.3. The molecular weight excluding hydrogens is 554 g/mol. The Balaban J connectivity index is 3.77. The van der Waals surface area contributed by atoms with Gasteiger partial charge in [-0.25, -0.2) is 0 Å². The van der Waals surface area contributed by atoms with E-state index in [1.807, 2.05) is 6.08 Å². The van der Waals surface area contributed by atoms with E-state index in [9.17, 15) is 15.0 Å². The van der Waals surface area contributed by atoms with Crippen molar-refractivity contribution in [3.8, 4) is 0 Å². The van der Waals surface area contributed by atoms with Gasteiger partial charge in [-0.3, -0.25) is 4.79 Å². The van der Waals surface area contributed by atoms with Crippen LogP contribution in [-0.4, -0.2) is 34.9 Å². The molecule has 0 aliphatic carbocycles. The first-order valence-corrected chi connectivity index (χ1v) is 18.7. The number of hydrogen-bond donors (Lipinski definition) is 3. The molecule has 0 aliphatic heterocycles. The summed E-state index contributed by atoms with van der Waals surface area (Å²) in [6.45, 7) is 4.15. The van der Waals surface area contributed by atoms with Crippen molar-refractivity contribution < 1.29 is 15.0 Å². The molecule has 4 nitrogen and oxygen atoms in total. The fraction of sp³-hybridized carbons (Fsp3) is 0.683. The van der Waals surface area contributed by atoms with Crippen molar-refractivity contribution in [1.82, 2.24) is 5.32 Å². The first kappa shape index (κ1) is 42.8. The third-order valence-electron chi connectivity index (χ3n) is 7.95. The standard InChI is InChI=1S/C41H71NO3/c1-3-5-7-9-11-13-15-17-19-21-23-25-27-29-31-33-35-37-41(45)42-39(38-43)40(44)36-34-32-30-28-26-24-22-20-18-16-14-12-10-8-6-4-2/h5,7,11,13,17,19,23,25,29,31,34,36,39-40,43-44H,3-4,6,8-10,12,14-16,18,20-22,24,26-28,30,32-33,35,37-38H2,1-2H3,(H,42,45)/b7-5-,13-11-,19-17-,25-23-,31-29-,36-34+. The van der Waals surface area contributed by atoms with Gasteiger partial charge in [-0.2, -0.15) is 0 Å². The van der Waals surface area contributed by atoms with E-state index in [4.69, 9.17) is 0 Å². The number of allylic oxidation sites excluding steroid dienone is 11. The highest BCUT2D eigenvalue weighted by Gasteiger charge is 2.17. The molecular formula is C41H71NO3. The number of nitrogens with one attached hydrogen (secondary N) is 1. The van der Waals surface area contributed by atoms with Gasteiger partial charge in [0.15, 0.2) is 0 Å². The molecule has 0 spiro atoms. The second-order valence-corrected chi connectivity index (χ2v) is 12.3. The Morgan fingerprint density at radius 3 is 1.44 bits per heavy atom. The quantitative estimate of drug-likeness (QED) is 0.0514. The van der Waals surface area contributed by atoms with Gasteiger partial charge in [0.2, 0.25) is 5.91 Å². The molecule has 0 radical (unpaired) electrons. The molecule has 0 aromatic carbocycles. The highest BCUT2D eigenvalue weighted by Crippen LogP contribution is 2.13. The first-order valence-electron chi connectivity index (χ1n) is 18.7. The molecule has 0 fully saturated rings. The number of rotatable bonds is 32. The van der Waals surface area contributed by atoms with E-state index in [1.165, 1.54) is 83.5 Å². The van der Waals surface area contributed by atoms with E-state index < -0.39 is 12.1 Å². The predicted octanol–water partition coefficient (Wildman–Crippen LogP) is 11.2. The lowest BCUT2D eigenvalue weighted by atomic mass is 10.0. The largest absolute Gasteiger partial charge is 0.394 e. The van der Waals surface area contributed by atoms with Gasteiger partial charge in [-0.05, 0) is 57.8 Å². The summed E-state index contributed by atoms with van der Waals surface area (Å²) in [7, 11) is 0. The monoisotopic (exact) mass is 626 g/mol. The minimum absolute atomic E-state index is 0.124. The maximum Gasteiger partial charge on any atom is 0.220 e. The fourth-order valence-electron chi connectivity index (χ4n) is 5.09. The Morgan fingerprint density at radius 2 is 0.978 bits per heavy atom. The van der Waals surface area contributed by atoms with Crippen LogP contribution in [-0.2, 0) is 4.79 Å². The number of carbonyl (C=O) groups is 1. The average Bonchev–Trinajstić information content (AvgIpc) is 3.04. The summed E-state index contributed by atoms with van der Waals surface area (Å²) in [5.41, 5.74) is 0. The molecule has 45 heavy (non-hydrogen) atoms. The van der Waals surface area contributed by atoms with Crippen LogP contribution in [0.25, 0.3) is 0 Å². The van der Waals surface area contributed by atoms with Crippen molar-refractivity contribution in [2.24, 2.45) is 0 Å². The van der Waals surface area contributed by atoms with Crippen molar-refractivity contribution in [2.75, 3.05) is 6.61 Å². The molecule has 0 aliphatic rings. The Kier molecular flexibility index (Phi) is 34.5. The summed E-state index contributed by atoms with van der Waals surface area (Å²) in [5, 5.41) is 22.9. The van der Waals surface area contributed by atoms with Crippen LogP contribution in [0, 0.1) is 0 Å². The zero-order valence-electron chi connectivity index (χ0n) is 29.4. The molecule has 3 N–H and O–H groups in total. The minimum atomic E-state index is -0.864. The van der Waals surface area contributed by atoms with Crippen LogP contribution in [0.2, 0.25) is 0 Å². The molecule has 0 aromatic heterocycles. The SMILES string of the molecule is CC/C=C\C/C=C\C/C=C\C/C=C\C/C=C\CCCC(=O)NC(CO)C(O)/C=C/CCCCCCCCCCCCCCCC. The fourth-order valence-corrected chi connectivity index (χ4v) is 5.09. The number of aliphatic hydroxyl groups excluding tert-OH is 2.